The first-order valence-corrected chi connectivity index (χ1v) is 33.8. The van der Waals surface area contributed by atoms with Crippen molar-refractivity contribution >= 4 is 67.3 Å². The average Bonchev–Trinajstić information content (AvgIpc) is 4.13. The van der Waals surface area contributed by atoms with Crippen LogP contribution in [0.3, 0.4) is 0 Å². The molecule has 0 radical (unpaired) electrons. The third kappa shape index (κ3) is 10.9. The van der Waals surface area contributed by atoms with Gasteiger partial charge in [0, 0.05) is 12.8 Å². The molecule has 0 aromatic carbocycles. The van der Waals surface area contributed by atoms with Gasteiger partial charge in [-0.15, -0.1) is 12.8 Å². The van der Waals surface area contributed by atoms with E-state index in [4.69, 9.17) is 44.7 Å². The number of carbonyl (C=O) groups excluding carboxylic acids is 1. The number of anilines is 2. The molecule has 6 aromatic rings. The van der Waals surface area contributed by atoms with Gasteiger partial charge in [-0.1, -0.05) is 11.8 Å². The predicted octanol–water partition coefficient (Wildman–Crippen LogP) is 3.17. The molecule has 0 unspecified atom stereocenters. The molecule has 8 heterocycles. The Bertz CT molecular complexity index is 3000. The summed E-state index contributed by atoms with van der Waals surface area (Å²) in [6.07, 6.45) is 6.15. The van der Waals surface area contributed by atoms with Crippen LogP contribution in [0.25, 0.3) is 22.3 Å². The maximum absolute atomic E-state index is 14.7. The number of terminal acetylenes is 2. The van der Waals surface area contributed by atoms with Gasteiger partial charge in [-0.25, -0.2) is 24.4 Å². The Hall–Kier alpha value is -5.49. The Kier molecular flexibility index (Phi) is 16.0. The van der Waals surface area contributed by atoms with Gasteiger partial charge in [0.25, 0.3) is 0 Å². The first-order chi connectivity index (χ1) is 32.1. The topological polar surface area (TPSA) is 315 Å². The molecule has 68 heavy (non-hydrogen) atoms. The van der Waals surface area contributed by atoms with Gasteiger partial charge < -0.3 is 57.6 Å². The van der Waals surface area contributed by atoms with Gasteiger partial charge in [-0.3, -0.25) is 14.0 Å². The van der Waals surface area contributed by atoms with Crippen molar-refractivity contribution in [2.24, 2.45) is 0 Å². The van der Waals surface area contributed by atoms with Crippen molar-refractivity contribution in [3.05, 3.63) is 69.1 Å². The number of nitrogens with one attached hydrogen (secondary N) is 1. The molecule has 2 saturated heterocycles. The van der Waals surface area contributed by atoms with Gasteiger partial charge in [-0.2, -0.15) is 28.7 Å². The van der Waals surface area contributed by atoms with Crippen molar-refractivity contribution in [1.29, 1.82) is 0 Å². The van der Waals surface area contributed by atoms with Crippen LogP contribution in [0.5, 0.6) is 0 Å². The number of hydrogen-bond donors (Lipinski definition) is 5. The number of aliphatic hydroxyl groups excluding tert-OH is 4. The SMILES string of the molecule is C#C[C@]1(CO)O[C@@H](n2cnc3c(N(Cc4oc(=O)oc4C)C(=O)OC(C)(C)C)nc(F)nc32)C[C@@H]1O.C#C[C@]1(CO)O[C@@H](n2cnc3c(NCc4oc(=O)oc4C)nc(F)nc32)C[C@@H]1O.[Br][Zn][Br]. The number of amides is 1. The van der Waals surface area contributed by atoms with Crippen molar-refractivity contribution in [3.63, 3.8) is 0 Å². The second kappa shape index (κ2) is 21.0. The van der Waals surface area contributed by atoms with Crippen molar-refractivity contribution in [3.8, 4) is 24.7 Å². The quantitative estimate of drug-likeness (QED) is 0.0747. The van der Waals surface area contributed by atoms with Crippen LogP contribution in [0.1, 0.15) is 69.1 Å². The molecule has 29 heteroatoms. The van der Waals surface area contributed by atoms with Crippen molar-refractivity contribution in [1.82, 2.24) is 39.0 Å². The van der Waals surface area contributed by atoms with Crippen LogP contribution in [-0.4, -0.2) is 108 Å². The molecular formula is C39H40Br2F2N10O14Zn. The van der Waals surface area contributed by atoms with Gasteiger partial charge in [0.1, 0.15) is 41.8 Å². The van der Waals surface area contributed by atoms with Crippen LogP contribution in [0, 0.1) is 50.7 Å². The molecule has 0 bridgehead atoms. The first-order valence-electron chi connectivity index (χ1n) is 19.9. The number of fused-ring (bicyclic) bond motifs is 2. The maximum atomic E-state index is 14.7. The van der Waals surface area contributed by atoms with Gasteiger partial charge in [0.2, 0.25) is 0 Å². The molecule has 0 aliphatic carbocycles. The van der Waals surface area contributed by atoms with E-state index in [-0.39, 0.29) is 89.6 Å². The molecule has 6 atom stereocenters. The van der Waals surface area contributed by atoms with E-state index in [2.05, 4.69) is 74.3 Å². The molecule has 24 nitrogen and oxygen atoms in total. The van der Waals surface area contributed by atoms with E-state index in [1.807, 2.05) is 0 Å². The van der Waals surface area contributed by atoms with Crippen LogP contribution in [0.4, 0.5) is 25.2 Å². The molecule has 2 aliphatic heterocycles. The van der Waals surface area contributed by atoms with E-state index < -0.39 is 91.1 Å². The monoisotopic (exact) mass is 1130 g/mol. The summed E-state index contributed by atoms with van der Waals surface area (Å²) in [5.41, 5.74) is -3.95. The van der Waals surface area contributed by atoms with Gasteiger partial charge in [0.05, 0.1) is 39.0 Å². The molecule has 8 rings (SSSR count). The molecule has 1 amide bonds. The van der Waals surface area contributed by atoms with Crippen LogP contribution in [0.15, 0.2) is 39.9 Å². The number of aromatic nitrogens is 8. The second-order valence-electron chi connectivity index (χ2n) is 15.7. The average molecular weight is 1140 g/mol. The normalized spacial score (nSPS) is 22.1. The number of aliphatic hydroxyl groups is 4. The Balaban J connectivity index is 0.000000216. The third-order valence-electron chi connectivity index (χ3n) is 10.2. The van der Waals surface area contributed by atoms with Crippen LogP contribution >= 0.6 is 27.2 Å². The predicted molar refractivity (Wildman–Crippen MR) is 231 cm³/mol. The Morgan fingerprint density at radius 1 is 0.868 bits per heavy atom. The van der Waals surface area contributed by atoms with E-state index >= 15 is 0 Å². The molecular weight excluding hydrogens is 1100 g/mol. The number of aryl methyl sites for hydroxylation is 2. The number of ether oxygens (including phenoxy) is 3. The molecule has 6 aromatic heterocycles. The Morgan fingerprint density at radius 3 is 1.78 bits per heavy atom. The van der Waals surface area contributed by atoms with E-state index in [0.717, 1.165) is 4.90 Å². The minimum absolute atomic E-state index is 0.000648. The van der Waals surface area contributed by atoms with Crippen LogP contribution in [-0.2, 0) is 40.5 Å². The number of carbonyl (C=O) groups is 1. The summed E-state index contributed by atoms with van der Waals surface area (Å²) < 4.78 is 67.8. The second-order valence-corrected chi connectivity index (χ2v) is 29.8. The number of nitrogens with zero attached hydrogens (tertiary/aromatic N) is 9. The van der Waals surface area contributed by atoms with Crippen molar-refractivity contribution in [2.45, 2.75) is 102 Å². The first kappa shape index (κ1) is 51.9. The summed E-state index contributed by atoms with van der Waals surface area (Å²) >= 11 is 6.25. The standard InChI is InChI=1S/C22H24FN5O8.C17H16FN5O6.2BrH.Zn/c1-6-22(9-29)13(30)7-14(35-22)28-10-24-15-16(25-18(23)26-17(15)28)27(19(31)36-21(3,4)5)8-12-11(2)33-20(32)34-12;1-3-17(6-24)10(25)4-11(29-17)23-7-20-12-13(21-15(18)22-14(12)23)19-5-9-8(2)27-16(26)28-9;;;/h1,10,13-14,29-30H,7-9H2,2-5H3;1,7,10-11,24-25H,4-6H2,2H3,(H,19,21,22);2*1H;/q;;;;+2/p-2/t13-,14+,22+;10-,11+,17+;;;/m00.../s1. The summed E-state index contributed by atoms with van der Waals surface area (Å²) in [5, 5.41) is 42.6. The fraction of sp³-hybridized carbons (Fsp3) is 0.462. The van der Waals surface area contributed by atoms with Crippen LogP contribution < -0.4 is 21.9 Å². The van der Waals surface area contributed by atoms with Crippen molar-refractivity contribution < 1.29 is 79.1 Å². The zero-order valence-corrected chi connectivity index (χ0v) is 42.6. The number of hydrogen-bond acceptors (Lipinski definition) is 21. The van der Waals surface area contributed by atoms with E-state index in [1.54, 1.807) is 27.7 Å². The molecule has 0 saturated carbocycles. The Morgan fingerprint density at radius 2 is 1.34 bits per heavy atom. The fourth-order valence-electron chi connectivity index (χ4n) is 6.88. The summed E-state index contributed by atoms with van der Waals surface area (Å²) in [4.78, 5) is 60.1. The summed E-state index contributed by atoms with van der Waals surface area (Å²) in [6, 6.07) is 0. The Labute approximate surface area is 402 Å². The summed E-state index contributed by atoms with van der Waals surface area (Å²) in [7, 11) is 0. The number of rotatable bonds is 10. The number of halogens is 4. The third-order valence-corrected chi connectivity index (χ3v) is 10.2. The van der Waals surface area contributed by atoms with Gasteiger partial charge in [0.15, 0.2) is 56.7 Å². The number of imidazole rings is 2. The minimum atomic E-state index is -1.66. The van der Waals surface area contributed by atoms with Crippen LogP contribution in [0.2, 0.25) is 0 Å². The molecule has 2 aliphatic rings. The van der Waals surface area contributed by atoms with Crippen molar-refractivity contribution in [2.75, 3.05) is 23.4 Å². The van der Waals surface area contributed by atoms with Gasteiger partial charge in [-0.05, 0) is 34.6 Å². The molecule has 0 spiro atoms. The van der Waals surface area contributed by atoms with E-state index in [0.29, 0.717) is 0 Å². The molecule has 2 fully saturated rings. The van der Waals surface area contributed by atoms with Gasteiger partial charge >= 0.3 is 70.3 Å². The zero-order chi connectivity index (χ0) is 49.9. The summed E-state index contributed by atoms with van der Waals surface area (Å²) in [6.45, 7) is 6.29. The van der Waals surface area contributed by atoms with E-state index in [9.17, 15) is 43.6 Å². The fourth-order valence-corrected chi connectivity index (χ4v) is 6.88. The zero-order valence-electron chi connectivity index (χ0n) is 36.5. The molecule has 5 N–H and O–H groups in total. The molecule has 360 valence electrons. The van der Waals surface area contributed by atoms with E-state index in [1.165, 1.54) is 28.7 Å². The summed E-state index contributed by atoms with van der Waals surface area (Å²) in [5.74, 6) is 3.06.